The standard InChI is InChI=1S/C16H17N3O4/c1-2-11-8-12(19-18-11)15(20)17-14(16(21)22)10-3-4-13-9(7-10)5-6-23-13/h3-4,7-8,14H,2,5-6H2,1H3,(H,17,20)(H,18,19)(H,21,22)/t14-/m1/s1. The number of ether oxygens (including phenoxy) is 1. The quantitative estimate of drug-likeness (QED) is 0.775. The molecule has 0 fully saturated rings. The second-order valence-corrected chi connectivity index (χ2v) is 5.34. The Balaban J connectivity index is 1.81. The predicted octanol–water partition coefficient (Wildman–Crippen LogP) is 1.46. The lowest BCUT2D eigenvalue weighted by Crippen LogP contribution is -2.34. The third-order valence-corrected chi connectivity index (χ3v) is 3.81. The first-order valence-electron chi connectivity index (χ1n) is 7.42. The molecule has 1 aromatic heterocycles. The molecule has 0 spiro atoms. The highest BCUT2D eigenvalue weighted by molar-refractivity contribution is 5.95. The summed E-state index contributed by atoms with van der Waals surface area (Å²) in [5.41, 5.74) is 2.46. The molecule has 1 aromatic carbocycles. The molecule has 2 heterocycles. The summed E-state index contributed by atoms with van der Waals surface area (Å²) >= 11 is 0. The van der Waals surface area contributed by atoms with Gasteiger partial charge in [-0.1, -0.05) is 13.0 Å². The van der Waals surface area contributed by atoms with Crippen LogP contribution in [0.4, 0.5) is 0 Å². The fourth-order valence-electron chi connectivity index (χ4n) is 2.54. The van der Waals surface area contributed by atoms with Crippen LogP contribution in [-0.4, -0.2) is 33.8 Å². The Morgan fingerprint density at radius 3 is 2.96 bits per heavy atom. The van der Waals surface area contributed by atoms with Gasteiger partial charge < -0.3 is 15.2 Å². The van der Waals surface area contributed by atoms with Gasteiger partial charge in [0.05, 0.1) is 6.61 Å². The van der Waals surface area contributed by atoms with Crippen molar-refractivity contribution in [3.63, 3.8) is 0 Å². The fourth-order valence-corrected chi connectivity index (χ4v) is 2.54. The van der Waals surface area contributed by atoms with Crippen LogP contribution in [0.25, 0.3) is 0 Å². The van der Waals surface area contributed by atoms with Gasteiger partial charge in [-0.2, -0.15) is 5.10 Å². The van der Waals surface area contributed by atoms with Gasteiger partial charge in [0.25, 0.3) is 5.91 Å². The van der Waals surface area contributed by atoms with Crippen molar-refractivity contribution in [1.82, 2.24) is 15.5 Å². The molecule has 7 nitrogen and oxygen atoms in total. The monoisotopic (exact) mass is 315 g/mol. The molecule has 3 rings (SSSR count). The highest BCUT2D eigenvalue weighted by Gasteiger charge is 2.25. The van der Waals surface area contributed by atoms with E-state index in [0.717, 1.165) is 23.4 Å². The lowest BCUT2D eigenvalue weighted by atomic mass is 10.0. The normalized spacial score (nSPS) is 14.0. The largest absolute Gasteiger partial charge is 0.493 e. The Labute approximate surface area is 132 Å². The minimum atomic E-state index is -1.13. The van der Waals surface area contributed by atoms with Crippen molar-refractivity contribution in [2.24, 2.45) is 0 Å². The number of nitrogens with zero attached hydrogens (tertiary/aromatic N) is 1. The Morgan fingerprint density at radius 1 is 1.43 bits per heavy atom. The maximum Gasteiger partial charge on any atom is 0.330 e. The molecule has 0 unspecified atom stereocenters. The predicted molar refractivity (Wildman–Crippen MR) is 81.4 cm³/mol. The van der Waals surface area contributed by atoms with Gasteiger partial charge in [-0.25, -0.2) is 4.79 Å². The van der Waals surface area contributed by atoms with Crippen LogP contribution in [0.1, 0.15) is 40.3 Å². The molecule has 2 aromatic rings. The van der Waals surface area contributed by atoms with E-state index in [2.05, 4.69) is 15.5 Å². The van der Waals surface area contributed by atoms with E-state index < -0.39 is 17.9 Å². The number of aliphatic carboxylic acids is 1. The summed E-state index contributed by atoms with van der Waals surface area (Å²) in [5.74, 6) is -0.877. The van der Waals surface area contributed by atoms with E-state index >= 15 is 0 Å². The zero-order valence-electron chi connectivity index (χ0n) is 12.6. The average Bonchev–Trinajstić information content (AvgIpc) is 3.19. The molecule has 7 heteroatoms. The molecule has 1 amide bonds. The second kappa shape index (κ2) is 6.12. The topological polar surface area (TPSA) is 104 Å². The Bertz CT molecular complexity index is 754. The maximum atomic E-state index is 12.2. The van der Waals surface area contributed by atoms with Crippen LogP contribution in [0.5, 0.6) is 5.75 Å². The molecular formula is C16H17N3O4. The van der Waals surface area contributed by atoms with Crippen molar-refractivity contribution in [2.75, 3.05) is 6.61 Å². The lowest BCUT2D eigenvalue weighted by Gasteiger charge is -2.15. The van der Waals surface area contributed by atoms with E-state index in [0.29, 0.717) is 18.6 Å². The third-order valence-electron chi connectivity index (χ3n) is 3.81. The Kier molecular flexibility index (Phi) is 4.01. The minimum absolute atomic E-state index is 0.178. The minimum Gasteiger partial charge on any atom is -0.493 e. The summed E-state index contributed by atoms with van der Waals surface area (Å²) in [7, 11) is 0. The highest BCUT2D eigenvalue weighted by atomic mass is 16.5. The number of carbonyl (C=O) groups is 2. The number of fused-ring (bicyclic) bond motifs is 1. The van der Waals surface area contributed by atoms with Crippen LogP contribution in [0.2, 0.25) is 0 Å². The van der Waals surface area contributed by atoms with Gasteiger partial charge in [0.15, 0.2) is 6.04 Å². The van der Waals surface area contributed by atoms with Gasteiger partial charge >= 0.3 is 5.97 Å². The molecule has 1 aliphatic rings. The van der Waals surface area contributed by atoms with Crippen LogP contribution in [0, 0.1) is 0 Å². The molecule has 1 atom stereocenters. The van der Waals surface area contributed by atoms with E-state index in [1.807, 2.05) is 6.92 Å². The highest BCUT2D eigenvalue weighted by Crippen LogP contribution is 2.28. The van der Waals surface area contributed by atoms with Crippen molar-refractivity contribution in [3.8, 4) is 5.75 Å². The van der Waals surface area contributed by atoms with Crippen LogP contribution in [0.15, 0.2) is 24.3 Å². The zero-order valence-corrected chi connectivity index (χ0v) is 12.6. The number of benzene rings is 1. The smallest absolute Gasteiger partial charge is 0.330 e. The van der Waals surface area contributed by atoms with Crippen LogP contribution in [-0.2, 0) is 17.6 Å². The summed E-state index contributed by atoms with van der Waals surface area (Å²) in [6.45, 7) is 2.53. The first-order chi connectivity index (χ1) is 11.1. The molecule has 0 aliphatic carbocycles. The summed E-state index contributed by atoms with van der Waals surface area (Å²) in [5, 5.41) is 18.6. The summed E-state index contributed by atoms with van der Waals surface area (Å²) in [6.07, 6.45) is 1.45. The number of H-pyrrole nitrogens is 1. The number of nitrogens with one attached hydrogen (secondary N) is 2. The van der Waals surface area contributed by atoms with Crippen molar-refractivity contribution in [3.05, 3.63) is 46.8 Å². The van der Waals surface area contributed by atoms with Gasteiger partial charge in [0.2, 0.25) is 0 Å². The molecule has 0 radical (unpaired) electrons. The van der Waals surface area contributed by atoms with Crippen molar-refractivity contribution in [1.29, 1.82) is 0 Å². The third kappa shape index (κ3) is 3.03. The van der Waals surface area contributed by atoms with Crippen molar-refractivity contribution >= 4 is 11.9 Å². The summed E-state index contributed by atoms with van der Waals surface area (Å²) in [6, 6.07) is 5.65. The fraction of sp³-hybridized carbons (Fsp3) is 0.312. The second-order valence-electron chi connectivity index (χ2n) is 5.34. The Morgan fingerprint density at radius 2 is 2.26 bits per heavy atom. The molecule has 120 valence electrons. The lowest BCUT2D eigenvalue weighted by molar-refractivity contribution is -0.139. The molecule has 0 saturated heterocycles. The Hall–Kier alpha value is -2.83. The van der Waals surface area contributed by atoms with Crippen LogP contribution in [0.3, 0.4) is 0 Å². The first kappa shape index (κ1) is 15.1. The van der Waals surface area contributed by atoms with Gasteiger partial charge in [-0.15, -0.1) is 0 Å². The number of rotatable bonds is 5. The molecule has 23 heavy (non-hydrogen) atoms. The molecule has 1 aliphatic heterocycles. The number of aromatic amines is 1. The number of aromatic nitrogens is 2. The number of hydrogen-bond donors (Lipinski definition) is 3. The molecule has 0 bridgehead atoms. The SMILES string of the molecule is CCc1cc(C(=O)N[C@@H](C(=O)O)c2ccc3c(c2)CCO3)n[nH]1. The maximum absolute atomic E-state index is 12.2. The van der Waals surface area contributed by atoms with Gasteiger partial charge in [-0.05, 0) is 35.7 Å². The molecule has 0 saturated carbocycles. The van der Waals surface area contributed by atoms with Crippen molar-refractivity contribution < 1.29 is 19.4 Å². The van der Waals surface area contributed by atoms with Gasteiger partial charge in [0, 0.05) is 12.1 Å². The summed E-state index contributed by atoms with van der Waals surface area (Å²) in [4.78, 5) is 23.8. The first-order valence-corrected chi connectivity index (χ1v) is 7.42. The van der Waals surface area contributed by atoms with E-state index in [4.69, 9.17) is 4.74 Å². The average molecular weight is 315 g/mol. The van der Waals surface area contributed by atoms with Crippen molar-refractivity contribution in [2.45, 2.75) is 25.8 Å². The van der Waals surface area contributed by atoms with Gasteiger partial charge in [-0.3, -0.25) is 9.89 Å². The van der Waals surface area contributed by atoms with Crippen LogP contribution < -0.4 is 10.1 Å². The molecular weight excluding hydrogens is 298 g/mol. The number of hydrogen-bond acceptors (Lipinski definition) is 4. The number of carboxylic acid groups (broad SMARTS) is 1. The summed E-state index contributed by atoms with van der Waals surface area (Å²) < 4.78 is 5.41. The van der Waals surface area contributed by atoms with E-state index in [1.165, 1.54) is 0 Å². The number of carbonyl (C=O) groups excluding carboxylic acids is 1. The number of aryl methyl sites for hydroxylation is 1. The van der Waals surface area contributed by atoms with E-state index in [1.54, 1.807) is 24.3 Å². The van der Waals surface area contributed by atoms with Gasteiger partial charge in [0.1, 0.15) is 11.4 Å². The van der Waals surface area contributed by atoms with E-state index in [-0.39, 0.29) is 5.69 Å². The van der Waals surface area contributed by atoms with E-state index in [9.17, 15) is 14.7 Å². The number of carboxylic acids is 1. The van der Waals surface area contributed by atoms with Crippen LogP contribution >= 0.6 is 0 Å². The molecule has 3 N–H and O–H groups in total. The number of amides is 1. The zero-order chi connectivity index (χ0) is 16.4.